The number of likely N-dealkylation sites (N-methyl/N-ethyl adjacent to an activating group) is 1. The molecule has 0 radical (unpaired) electrons. The van der Waals surface area contributed by atoms with Crippen LogP contribution in [0.25, 0.3) is 22.0 Å². The number of carbonyl (C=O) groups excluding carboxylic acids is 2. The molecule has 2 N–H and O–H groups in total. The van der Waals surface area contributed by atoms with E-state index in [1.807, 2.05) is 30.3 Å². The number of aromatic nitrogens is 1. The van der Waals surface area contributed by atoms with E-state index in [9.17, 15) is 9.59 Å². The second kappa shape index (κ2) is 11.8. The zero-order valence-electron chi connectivity index (χ0n) is 21.0. The molecule has 0 bridgehead atoms. The number of hydrogen-bond acceptors (Lipinski definition) is 5. The summed E-state index contributed by atoms with van der Waals surface area (Å²) < 4.78 is 5.19. The standard InChI is InChI=1S/C28H33ClN4O3/c1-18(34)30-26-14-13-24(29)22-12-7-19(17-23(22)26)25-5-4-6-27(32-25)28(35)31-20-8-10-21(11-9-20)33(2)15-16-36-3/h4-7,12-14,17,20-21H,8-11,15-16H2,1-3H3,(H,30,34)(H,31,35). The molecule has 3 aromatic rings. The molecule has 36 heavy (non-hydrogen) atoms. The molecule has 4 rings (SSSR count). The summed E-state index contributed by atoms with van der Waals surface area (Å²) in [6.07, 6.45) is 4.00. The van der Waals surface area contributed by atoms with Gasteiger partial charge in [-0.25, -0.2) is 4.98 Å². The molecule has 0 aliphatic heterocycles. The van der Waals surface area contributed by atoms with Crippen molar-refractivity contribution in [2.24, 2.45) is 0 Å². The van der Waals surface area contributed by atoms with Crippen LogP contribution in [0.3, 0.4) is 0 Å². The van der Waals surface area contributed by atoms with Crippen LogP contribution in [0.1, 0.15) is 43.1 Å². The van der Waals surface area contributed by atoms with Gasteiger partial charge >= 0.3 is 0 Å². The van der Waals surface area contributed by atoms with E-state index < -0.39 is 0 Å². The molecule has 2 amide bonds. The van der Waals surface area contributed by atoms with Gasteiger partial charge in [-0.3, -0.25) is 9.59 Å². The van der Waals surface area contributed by atoms with Gasteiger partial charge in [-0.15, -0.1) is 0 Å². The summed E-state index contributed by atoms with van der Waals surface area (Å²) >= 11 is 6.38. The molecular weight excluding hydrogens is 476 g/mol. The van der Waals surface area contributed by atoms with E-state index in [0.29, 0.717) is 28.1 Å². The largest absolute Gasteiger partial charge is 0.383 e. The lowest BCUT2D eigenvalue weighted by atomic mass is 9.90. The van der Waals surface area contributed by atoms with Crippen molar-refractivity contribution in [3.8, 4) is 11.3 Å². The quantitative estimate of drug-likeness (QED) is 0.440. The SMILES string of the molecule is COCCN(C)C1CCC(NC(=O)c2cccc(-c3ccc4c(Cl)ccc(NC(C)=O)c4c3)n2)CC1. The van der Waals surface area contributed by atoms with Gasteiger partial charge in [-0.05, 0) is 63.1 Å². The van der Waals surface area contributed by atoms with Crippen LogP contribution in [-0.2, 0) is 9.53 Å². The van der Waals surface area contributed by atoms with E-state index in [0.717, 1.165) is 55.2 Å². The van der Waals surface area contributed by atoms with Crippen LogP contribution in [0.15, 0.2) is 48.5 Å². The first kappa shape index (κ1) is 26.1. The first-order chi connectivity index (χ1) is 17.4. The summed E-state index contributed by atoms with van der Waals surface area (Å²) in [5.74, 6) is -0.313. The van der Waals surface area contributed by atoms with Gasteiger partial charge in [0.1, 0.15) is 5.69 Å². The number of amides is 2. The van der Waals surface area contributed by atoms with Crippen molar-refractivity contribution in [3.05, 3.63) is 59.2 Å². The first-order valence-electron chi connectivity index (χ1n) is 12.3. The van der Waals surface area contributed by atoms with Gasteiger partial charge in [0.05, 0.1) is 12.3 Å². The Labute approximate surface area is 217 Å². The minimum absolute atomic E-state index is 0.151. The van der Waals surface area contributed by atoms with Crippen LogP contribution >= 0.6 is 11.6 Å². The van der Waals surface area contributed by atoms with Crippen molar-refractivity contribution in [1.29, 1.82) is 0 Å². The van der Waals surface area contributed by atoms with Gasteiger partial charge < -0.3 is 20.3 Å². The molecule has 1 aliphatic rings. The smallest absolute Gasteiger partial charge is 0.270 e. The molecular formula is C28H33ClN4O3. The fourth-order valence-electron chi connectivity index (χ4n) is 4.83. The minimum atomic E-state index is -0.157. The fraction of sp³-hybridized carbons (Fsp3) is 0.393. The third-order valence-corrected chi connectivity index (χ3v) is 7.18. The Balaban J connectivity index is 1.47. The summed E-state index contributed by atoms with van der Waals surface area (Å²) in [7, 11) is 3.86. The maximum absolute atomic E-state index is 13.0. The van der Waals surface area contributed by atoms with Crippen LogP contribution < -0.4 is 10.6 Å². The Morgan fingerprint density at radius 3 is 2.58 bits per heavy atom. The van der Waals surface area contributed by atoms with Gasteiger partial charge in [-0.2, -0.15) is 0 Å². The first-order valence-corrected chi connectivity index (χ1v) is 12.7. The van der Waals surface area contributed by atoms with Crippen molar-refractivity contribution in [2.45, 2.75) is 44.7 Å². The number of nitrogens with zero attached hydrogens (tertiary/aromatic N) is 2. The number of carbonyl (C=O) groups is 2. The summed E-state index contributed by atoms with van der Waals surface area (Å²) in [5.41, 5.74) is 2.59. The second-order valence-corrected chi connectivity index (χ2v) is 9.80. The van der Waals surface area contributed by atoms with Gasteiger partial charge in [0, 0.05) is 59.7 Å². The number of ether oxygens (including phenoxy) is 1. The summed E-state index contributed by atoms with van der Waals surface area (Å²) in [6, 6.07) is 15.5. The molecule has 1 saturated carbocycles. The topological polar surface area (TPSA) is 83.6 Å². The van der Waals surface area contributed by atoms with Crippen LogP contribution in [0.2, 0.25) is 5.02 Å². The van der Waals surface area contributed by atoms with Crippen LogP contribution in [0, 0.1) is 0 Å². The molecule has 1 aromatic heterocycles. The number of anilines is 1. The lowest BCUT2D eigenvalue weighted by molar-refractivity contribution is -0.114. The van der Waals surface area contributed by atoms with E-state index in [1.54, 1.807) is 25.3 Å². The van der Waals surface area contributed by atoms with Gasteiger partial charge in [0.2, 0.25) is 5.91 Å². The maximum Gasteiger partial charge on any atom is 0.270 e. The van der Waals surface area contributed by atoms with Crippen molar-refractivity contribution in [3.63, 3.8) is 0 Å². The molecule has 0 unspecified atom stereocenters. The summed E-state index contributed by atoms with van der Waals surface area (Å²) in [5, 5.41) is 8.29. The zero-order chi connectivity index (χ0) is 25.7. The van der Waals surface area contributed by atoms with Crippen molar-refractivity contribution < 1.29 is 14.3 Å². The zero-order valence-corrected chi connectivity index (χ0v) is 21.8. The highest BCUT2D eigenvalue weighted by Gasteiger charge is 2.25. The minimum Gasteiger partial charge on any atom is -0.383 e. The Morgan fingerprint density at radius 1 is 1.08 bits per heavy atom. The Bertz CT molecular complexity index is 1240. The lowest BCUT2D eigenvalue weighted by Crippen LogP contribution is -2.43. The molecule has 2 aromatic carbocycles. The molecule has 0 atom stereocenters. The number of hydrogen-bond donors (Lipinski definition) is 2. The summed E-state index contributed by atoms with van der Waals surface area (Å²) in [4.78, 5) is 31.7. The molecule has 1 heterocycles. The number of rotatable bonds is 8. The normalized spacial score (nSPS) is 17.8. The van der Waals surface area contributed by atoms with E-state index in [1.165, 1.54) is 6.92 Å². The second-order valence-electron chi connectivity index (χ2n) is 9.40. The number of benzene rings is 2. The number of halogens is 1. The lowest BCUT2D eigenvalue weighted by Gasteiger charge is -2.34. The Kier molecular flexibility index (Phi) is 8.56. The van der Waals surface area contributed by atoms with Crippen molar-refractivity contribution in [2.75, 3.05) is 32.6 Å². The van der Waals surface area contributed by atoms with E-state index in [2.05, 4.69) is 27.6 Å². The van der Waals surface area contributed by atoms with Crippen molar-refractivity contribution >= 4 is 39.9 Å². The molecule has 1 fully saturated rings. The maximum atomic E-state index is 13.0. The third kappa shape index (κ3) is 6.22. The fourth-order valence-corrected chi connectivity index (χ4v) is 5.06. The van der Waals surface area contributed by atoms with Crippen LogP contribution in [0.5, 0.6) is 0 Å². The van der Waals surface area contributed by atoms with Gasteiger partial charge in [-0.1, -0.05) is 29.8 Å². The Morgan fingerprint density at radius 2 is 1.86 bits per heavy atom. The van der Waals surface area contributed by atoms with Gasteiger partial charge in [0.25, 0.3) is 5.91 Å². The van der Waals surface area contributed by atoms with E-state index in [4.69, 9.17) is 16.3 Å². The highest BCUT2D eigenvalue weighted by atomic mass is 35.5. The van der Waals surface area contributed by atoms with Crippen LogP contribution in [0.4, 0.5) is 5.69 Å². The summed E-state index contributed by atoms with van der Waals surface area (Å²) in [6.45, 7) is 3.12. The molecule has 0 saturated heterocycles. The van der Waals surface area contributed by atoms with E-state index in [-0.39, 0.29) is 17.9 Å². The molecule has 8 heteroatoms. The Hall–Kier alpha value is -3.00. The van der Waals surface area contributed by atoms with Crippen molar-refractivity contribution in [1.82, 2.24) is 15.2 Å². The number of nitrogens with one attached hydrogen (secondary N) is 2. The highest BCUT2D eigenvalue weighted by molar-refractivity contribution is 6.36. The predicted molar refractivity (Wildman–Crippen MR) is 145 cm³/mol. The molecule has 7 nitrogen and oxygen atoms in total. The molecule has 1 aliphatic carbocycles. The average Bonchev–Trinajstić information content (AvgIpc) is 2.89. The van der Waals surface area contributed by atoms with E-state index >= 15 is 0 Å². The highest BCUT2D eigenvalue weighted by Crippen LogP contribution is 2.33. The number of fused-ring (bicyclic) bond motifs is 1. The predicted octanol–water partition coefficient (Wildman–Crippen LogP) is 5.13. The third-order valence-electron chi connectivity index (χ3n) is 6.85. The monoisotopic (exact) mass is 508 g/mol. The average molecular weight is 509 g/mol. The number of methoxy groups -OCH3 is 1. The molecule has 0 spiro atoms. The molecule has 190 valence electrons. The van der Waals surface area contributed by atoms with Crippen LogP contribution in [-0.4, -0.2) is 61.1 Å². The number of pyridine rings is 1. The van der Waals surface area contributed by atoms with Gasteiger partial charge in [0.15, 0.2) is 0 Å².